The first-order valence-corrected chi connectivity index (χ1v) is 8.16. The zero-order valence-electron chi connectivity index (χ0n) is 13.1. The van der Waals surface area contributed by atoms with E-state index in [9.17, 15) is 9.59 Å². The number of benzene rings is 1. The summed E-state index contributed by atoms with van der Waals surface area (Å²) in [5, 5.41) is 6.44. The Morgan fingerprint density at radius 2 is 2.13 bits per heavy atom. The Morgan fingerprint density at radius 3 is 2.87 bits per heavy atom. The van der Waals surface area contributed by atoms with Gasteiger partial charge in [0.05, 0.1) is 11.8 Å². The molecule has 0 amide bonds. The molecule has 0 bridgehead atoms. The van der Waals surface area contributed by atoms with Crippen molar-refractivity contribution < 1.29 is 9.53 Å². The highest BCUT2D eigenvalue weighted by Gasteiger charge is 2.18. The van der Waals surface area contributed by atoms with E-state index in [1.165, 1.54) is 17.4 Å². The molecule has 0 aliphatic rings. The first-order valence-electron chi connectivity index (χ1n) is 7.28. The van der Waals surface area contributed by atoms with Crippen LogP contribution in [0.2, 0.25) is 0 Å². The number of ether oxygens (including phenoxy) is 1. The normalized spacial score (nSPS) is 10.9. The molecule has 0 N–H and O–H groups in total. The lowest BCUT2D eigenvalue weighted by Gasteiger charge is -2.11. The molecule has 2 heterocycles. The van der Waals surface area contributed by atoms with E-state index in [0.717, 1.165) is 10.3 Å². The minimum atomic E-state index is -0.476. The zero-order chi connectivity index (χ0) is 16.6. The molecule has 0 atom stereocenters. The van der Waals surface area contributed by atoms with Crippen LogP contribution in [-0.4, -0.2) is 15.7 Å². The number of aromatic nitrogens is 2. The molecule has 3 rings (SSSR count). The molecule has 0 aliphatic carbocycles. The number of aryl methyl sites for hydroxylation is 3. The third kappa shape index (κ3) is 2.66. The van der Waals surface area contributed by atoms with E-state index in [1.807, 2.05) is 13.8 Å². The van der Waals surface area contributed by atoms with E-state index in [0.29, 0.717) is 28.9 Å². The highest BCUT2D eigenvalue weighted by molar-refractivity contribution is 7.16. The van der Waals surface area contributed by atoms with Crippen molar-refractivity contribution in [3.8, 4) is 5.88 Å². The number of carbonyl (C=O) groups excluding carboxylic acids is 1. The van der Waals surface area contributed by atoms with Crippen molar-refractivity contribution in [1.29, 1.82) is 0 Å². The molecule has 5 nitrogen and oxygen atoms in total. The maximum Gasteiger partial charge on any atom is 0.345 e. The average Bonchev–Trinajstić information content (AvgIpc) is 2.97. The standard InChI is InChI=1S/C17H16N2O3S/c1-4-19-14(5-7-18-19)22-17(21)12-9-10(2)16-15(11(12)3)13(20)6-8-23-16/h5-9H,4H2,1-3H3. The molecule has 0 spiro atoms. The van der Waals surface area contributed by atoms with Crippen molar-refractivity contribution in [3.05, 3.63) is 56.7 Å². The van der Waals surface area contributed by atoms with Crippen LogP contribution < -0.4 is 10.2 Å². The molecule has 0 radical (unpaired) electrons. The van der Waals surface area contributed by atoms with Crippen molar-refractivity contribution in [2.24, 2.45) is 0 Å². The summed E-state index contributed by atoms with van der Waals surface area (Å²) in [6, 6.07) is 4.95. The molecule has 1 aromatic carbocycles. The lowest BCUT2D eigenvalue weighted by molar-refractivity contribution is 0.0718. The Hall–Kier alpha value is -2.47. The number of rotatable bonds is 3. The van der Waals surface area contributed by atoms with Gasteiger partial charge in [-0.05, 0) is 49.4 Å². The Balaban J connectivity index is 2.10. The monoisotopic (exact) mass is 328 g/mol. The summed E-state index contributed by atoms with van der Waals surface area (Å²) in [7, 11) is 0. The molecule has 118 valence electrons. The molecule has 2 aromatic heterocycles. The fourth-order valence-corrected chi connectivity index (χ4v) is 3.54. The van der Waals surface area contributed by atoms with Gasteiger partial charge in [0.2, 0.25) is 5.88 Å². The van der Waals surface area contributed by atoms with E-state index in [4.69, 9.17) is 4.74 Å². The lowest BCUT2D eigenvalue weighted by atomic mass is 10.0. The quantitative estimate of drug-likeness (QED) is 0.692. The van der Waals surface area contributed by atoms with Crippen LogP contribution in [-0.2, 0) is 6.54 Å². The Morgan fingerprint density at radius 1 is 1.35 bits per heavy atom. The van der Waals surface area contributed by atoms with Gasteiger partial charge in [-0.3, -0.25) is 4.79 Å². The maximum atomic E-state index is 12.5. The number of hydrogen-bond acceptors (Lipinski definition) is 5. The molecular weight excluding hydrogens is 312 g/mol. The summed E-state index contributed by atoms with van der Waals surface area (Å²) < 4.78 is 7.96. The van der Waals surface area contributed by atoms with Gasteiger partial charge in [0.25, 0.3) is 0 Å². The zero-order valence-corrected chi connectivity index (χ0v) is 13.9. The summed E-state index contributed by atoms with van der Waals surface area (Å²) >= 11 is 1.50. The SMILES string of the molecule is CCn1nccc1OC(=O)c1cc(C)c2sccc(=O)c2c1C. The molecule has 0 saturated carbocycles. The molecular formula is C17H16N2O3S. The maximum absolute atomic E-state index is 12.5. The minimum absolute atomic E-state index is 0.0763. The lowest BCUT2D eigenvalue weighted by Crippen LogP contribution is -2.15. The highest BCUT2D eigenvalue weighted by atomic mass is 32.1. The summed E-state index contributed by atoms with van der Waals surface area (Å²) in [4.78, 5) is 24.7. The second kappa shape index (κ2) is 5.96. The second-order valence-corrected chi connectivity index (χ2v) is 6.15. The Bertz CT molecular complexity index is 956. The van der Waals surface area contributed by atoms with Gasteiger partial charge < -0.3 is 4.74 Å². The van der Waals surface area contributed by atoms with Gasteiger partial charge >= 0.3 is 5.97 Å². The molecule has 0 unspecified atom stereocenters. The Kier molecular flexibility index (Phi) is 4.00. The Labute approximate surface area is 137 Å². The van der Waals surface area contributed by atoms with Crippen molar-refractivity contribution in [2.75, 3.05) is 0 Å². The van der Waals surface area contributed by atoms with Crippen molar-refractivity contribution in [3.63, 3.8) is 0 Å². The van der Waals surface area contributed by atoms with Crippen LogP contribution in [0.3, 0.4) is 0 Å². The van der Waals surface area contributed by atoms with Gasteiger partial charge in [-0.1, -0.05) is 0 Å². The van der Waals surface area contributed by atoms with Crippen LogP contribution in [0.4, 0.5) is 0 Å². The van der Waals surface area contributed by atoms with Gasteiger partial charge in [0.1, 0.15) is 0 Å². The van der Waals surface area contributed by atoms with Crippen LogP contribution in [0.15, 0.2) is 34.6 Å². The summed E-state index contributed by atoms with van der Waals surface area (Å²) in [6.07, 6.45) is 1.59. The van der Waals surface area contributed by atoms with Crippen molar-refractivity contribution in [1.82, 2.24) is 9.78 Å². The number of fused-ring (bicyclic) bond motifs is 1. The number of nitrogens with zero attached hydrogens (tertiary/aromatic N) is 2. The van der Waals surface area contributed by atoms with E-state index in [1.54, 1.807) is 35.3 Å². The first kappa shape index (κ1) is 15.4. The largest absolute Gasteiger partial charge is 0.404 e. The molecule has 0 aliphatic heterocycles. The summed E-state index contributed by atoms with van der Waals surface area (Å²) in [6.45, 7) is 6.20. The molecule has 0 fully saturated rings. The van der Waals surface area contributed by atoms with Crippen LogP contribution in [0, 0.1) is 13.8 Å². The molecule has 3 aromatic rings. The fraction of sp³-hybridized carbons (Fsp3) is 0.235. The topological polar surface area (TPSA) is 61.2 Å². The fourth-order valence-electron chi connectivity index (χ4n) is 2.59. The predicted octanol–water partition coefficient (Wildman–Crippen LogP) is 3.31. The molecule has 6 heteroatoms. The van der Waals surface area contributed by atoms with Crippen LogP contribution in [0.5, 0.6) is 5.88 Å². The van der Waals surface area contributed by atoms with Crippen LogP contribution in [0.25, 0.3) is 10.1 Å². The number of hydrogen-bond donors (Lipinski definition) is 0. The smallest absolute Gasteiger partial charge is 0.345 e. The van der Waals surface area contributed by atoms with Crippen LogP contribution >= 0.6 is 11.3 Å². The number of esters is 1. The predicted molar refractivity (Wildman–Crippen MR) is 90.4 cm³/mol. The first-order chi connectivity index (χ1) is 11.0. The van der Waals surface area contributed by atoms with Gasteiger partial charge in [-0.2, -0.15) is 5.10 Å². The summed E-state index contributed by atoms with van der Waals surface area (Å²) in [5.74, 6) is -0.0798. The van der Waals surface area contributed by atoms with Crippen molar-refractivity contribution in [2.45, 2.75) is 27.3 Å². The number of carbonyl (C=O) groups is 1. The summed E-state index contributed by atoms with van der Waals surface area (Å²) in [5.41, 5.74) is 1.88. The third-order valence-electron chi connectivity index (χ3n) is 3.77. The van der Waals surface area contributed by atoms with E-state index in [-0.39, 0.29) is 5.43 Å². The van der Waals surface area contributed by atoms with Gasteiger partial charge in [0.15, 0.2) is 5.43 Å². The minimum Gasteiger partial charge on any atom is -0.404 e. The highest BCUT2D eigenvalue weighted by Crippen LogP contribution is 2.27. The van der Waals surface area contributed by atoms with Crippen molar-refractivity contribution >= 4 is 27.4 Å². The van der Waals surface area contributed by atoms with E-state index in [2.05, 4.69) is 5.10 Å². The van der Waals surface area contributed by atoms with Gasteiger partial charge in [0, 0.05) is 22.7 Å². The van der Waals surface area contributed by atoms with Gasteiger partial charge in [-0.15, -0.1) is 11.3 Å². The van der Waals surface area contributed by atoms with E-state index >= 15 is 0 Å². The van der Waals surface area contributed by atoms with E-state index < -0.39 is 5.97 Å². The average molecular weight is 328 g/mol. The second-order valence-electron chi connectivity index (χ2n) is 5.23. The van der Waals surface area contributed by atoms with Crippen LogP contribution in [0.1, 0.15) is 28.4 Å². The molecule has 23 heavy (non-hydrogen) atoms. The molecule has 0 saturated heterocycles. The third-order valence-corrected chi connectivity index (χ3v) is 4.81. The van der Waals surface area contributed by atoms with Gasteiger partial charge in [-0.25, -0.2) is 9.48 Å².